The fourth-order valence-electron chi connectivity index (χ4n) is 7.27. The standard InChI is InChI=1S/C45H58N2O8/c1-29(2)27-39(44(50,31-19-11-15-23-35(31)52-7)32-20-12-16-24-36(32)53-8)46-41(48)43(5,6)42(49)47-40(28-30(3)4)45(51,33-21-13-17-25-37(33)54-9)34-22-14-18-26-38(34)55-10/h11-26,29-30,39-40,50-51H,27-28H2,1-10H3,(H,46,48)(H,47,49). The van der Waals surface area contributed by atoms with Gasteiger partial charge in [-0.25, -0.2) is 0 Å². The van der Waals surface area contributed by atoms with Gasteiger partial charge in [-0.2, -0.15) is 0 Å². The summed E-state index contributed by atoms with van der Waals surface area (Å²) in [6, 6.07) is 26.5. The van der Waals surface area contributed by atoms with Crippen LogP contribution in [0.15, 0.2) is 97.1 Å². The number of para-hydroxylation sites is 4. The minimum absolute atomic E-state index is 0.00492. The van der Waals surface area contributed by atoms with E-state index in [-0.39, 0.29) is 11.8 Å². The summed E-state index contributed by atoms with van der Waals surface area (Å²) in [6.07, 6.45) is 0.654. The van der Waals surface area contributed by atoms with Crippen molar-refractivity contribution in [2.45, 2.75) is 77.7 Å². The average molecular weight is 755 g/mol. The quantitative estimate of drug-likeness (QED) is 0.0800. The molecular weight excluding hydrogens is 697 g/mol. The van der Waals surface area contributed by atoms with Crippen LogP contribution in [0.4, 0.5) is 0 Å². The maximum Gasteiger partial charge on any atom is 0.235 e. The molecule has 296 valence electrons. The maximum absolute atomic E-state index is 14.7. The summed E-state index contributed by atoms with van der Waals surface area (Å²) >= 11 is 0. The Hall–Kier alpha value is -5.06. The van der Waals surface area contributed by atoms with Gasteiger partial charge in [0.1, 0.15) is 39.6 Å². The highest BCUT2D eigenvalue weighted by atomic mass is 16.5. The molecule has 10 nitrogen and oxygen atoms in total. The number of aliphatic hydroxyl groups is 2. The first-order valence-electron chi connectivity index (χ1n) is 18.7. The molecule has 10 heteroatoms. The third-order valence-electron chi connectivity index (χ3n) is 10.2. The lowest BCUT2D eigenvalue weighted by atomic mass is 9.75. The summed E-state index contributed by atoms with van der Waals surface area (Å²) < 4.78 is 23.0. The number of amides is 2. The maximum atomic E-state index is 14.7. The lowest BCUT2D eigenvalue weighted by Gasteiger charge is -2.42. The van der Waals surface area contributed by atoms with Crippen molar-refractivity contribution in [3.63, 3.8) is 0 Å². The van der Waals surface area contributed by atoms with E-state index in [1.54, 1.807) is 97.1 Å². The molecular formula is C45H58N2O8. The van der Waals surface area contributed by atoms with E-state index in [4.69, 9.17) is 18.9 Å². The Balaban J connectivity index is 1.83. The Morgan fingerprint density at radius 3 is 0.964 bits per heavy atom. The minimum atomic E-state index is -1.86. The number of carbonyl (C=O) groups excluding carboxylic acids is 2. The SMILES string of the molecule is COc1ccccc1C(O)(c1ccccc1OC)C(CC(C)C)NC(=O)C(C)(C)C(=O)NC(CC(C)C)C(O)(c1ccccc1OC)c1ccccc1OC. The largest absolute Gasteiger partial charge is 0.496 e. The molecule has 0 aliphatic heterocycles. The molecule has 0 spiro atoms. The number of hydrogen-bond acceptors (Lipinski definition) is 8. The Labute approximate surface area is 326 Å². The van der Waals surface area contributed by atoms with Crippen molar-refractivity contribution >= 4 is 11.8 Å². The summed E-state index contributed by atoms with van der Waals surface area (Å²) in [5.41, 5.74) is -3.73. The molecule has 0 radical (unpaired) electrons. The van der Waals surface area contributed by atoms with Gasteiger partial charge in [0.2, 0.25) is 11.8 Å². The van der Waals surface area contributed by atoms with Crippen LogP contribution in [0.1, 0.15) is 76.6 Å². The van der Waals surface area contributed by atoms with Gasteiger partial charge in [0, 0.05) is 22.3 Å². The van der Waals surface area contributed by atoms with Crippen LogP contribution in [-0.4, -0.2) is 62.6 Å². The normalized spacial score (nSPS) is 13.2. The van der Waals surface area contributed by atoms with Gasteiger partial charge in [0.25, 0.3) is 0 Å². The van der Waals surface area contributed by atoms with Crippen LogP contribution in [0.25, 0.3) is 0 Å². The Kier molecular flexibility index (Phi) is 14.0. The molecule has 4 aromatic rings. The first-order valence-corrected chi connectivity index (χ1v) is 18.7. The summed E-state index contributed by atoms with van der Waals surface area (Å²) in [7, 11) is 6.09. The molecule has 0 aromatic heterocycles. The van der Waals surface area contributed by atoms with Gasteiger partial charge >= 0.3 is 0 Å². The predicted octanol–water partition coefficient (Wildman–Crippen LogP) is 6.98. The zero-order valence-corrected chi connectivity index (χ0v) is 33.8. The van der Waals surface area contributed by atoms with Crippen molar-refractivity contribution in [3.8, 4) is 23.0 Å². The lowest BCUT2D eigenvalue weighted by molar-refractivity contribution is -0.144. The van der Waals surface area contributed by atoms with E-state index in [1.807, 2.05) is 27.7 Å². The lowest BCUT2D eigenvalue weighted by Crippen LogP contribution is -2.60. The molecule has 0 heterocycles. The van der Waals surface area contributed by atoms with E-state index in [1.165, 1.54) is 42.3 Å². The molecule has 55 heavy (non-hydrogen) atoms. The highest BCUT2D eigenvalue weighted by Crippen LogP contribution is 2.46. The van der Waals surface area contributed by atoms with Crippen molar-refractivity contribution in [1.82, 2.24) is 10.6 Å². The van der Waals surface area contributed by atoms with Crippen molar-refractivity contribution in [2.24, 2.45) is 17.3 Å². The van der Waals surface area contributed by atoms with E-state index in [9.17, 15) is 19.8 Å². The van der Waals surface area contributed by atoms with E-state index >= 15 is 0 Å². The van der Waals surface area contributed by atoms with E-state index in [0.717, 1.165) is 0 Å². The molecule has 2 unspecified atom stereocenters. The summed E-state index contributed by atoms with van der Waals surface area (Å²) in [5, 5.41) is 32.4. The second-order valence-corrected chi connectivity index (χ2v) is 15.3. The van der Waals surface area contributed by atoms with Crippen LogP contribution in [0.3, 0.4) is 0 Å². The summed E-state index contributed by atoms with van der Waals surface area (Å²) in [6.45, 7) is 11.0. The molecule has 4 aromatic carbocycles. The molecule has 0 bridgehead atoms. The van der Waals surface area contributed by atoms with Crippen LogP contribution in [-0.2, 0) is 20.8 Å². The minimum Gasteiger partial charge on any atom is -0.496 e. The van der Waals surface area contributed by atoms with Crippen LogP contribution < -0.4 is 29.6 Å². The van der Waals surface area contributed by atoms with Gasteiger partial charge in [-0.3, -0.25) is 9.59 Å². The smallest absolute Gasteiger partial charge is 0.235 e. The Morgan fingerprint density at radius 2 is 0.745 bits per heavy atom. The summed E-state index contributed by atoms with van der Waals surface area (Å²) in [5.74, 6) is 0.425. The highest BCUT2D eigenvalue weighted by Gasteiger charge is 2.50. The van der Waals surface area contributed by atoms with Gasteiger partial charge in [-0.05, 0) is 62.8 Å². The second-order valence-electron chi connectivity index (χ2n) is 15.3. The van der Waals surface area contributed by atoms with Crippen molar-refractivity contribution in [2.75, 3.05) is 28.4 Å². The average Bonchev–Trinajstić information content (AvgIpc) is 3.19. The zero-order valence-electron chi connectivity index (χ0n) is 33.8. The Morgan fingerprint density at radius 1 is 0.509 bits per heavy atom. The number of nitrogens with one attached hydrogen (secondary N) is 2. The molecule has 0 aliphatic carbocycles. The molecule has 0 aliphatic rings. The molecule has 4 rings (SSSR count). The number of carbonyl (C=O) groups is 2. The number of methoxy groups -OCH3 is 4. The number of hydrogen-bond donors (Lipinski definition) is 4. The molecule has 2 atom stereocenters. The monoisotopic (exact) mass is 754 g/mol. The predicted molar refractivity (Wildman–Crippen MR) is 215 cm³/mol. The van der Waals surface area contributed by atoms with Crippen LogP contribution in [0, 0.1) is 17.3 Å². The third-order valence-corrected chi connectivity index (χ3v) is 10.2. The van der Waals surface area contributed by atoms with Crippen LogP contribution in [0.2, 0.25) is 0 Å². The van der Waals surface area contributed by atoms with Gasteiger partial charge in [0.15, 0.2) is 0 Å². The fraction of sp³-hybridized carbons (Fsp3) is 0.422. The van der Waals surface area contributed by atoms with Crippen LogP contribution in [0.5, 0.6) is 23.0 Å². The number of benzene rings is 4. The van der Waals surface area contributed by atoms with Gasteiger partial charge in [0.05, 0.1) is 40.5 Å². The molecule has 2 amide bonds. The molecule has 0 fully saturated rings. The third kappa shape index (κ3) is 8.76. The van der Waals surface area contributed by atoms with Crippen LogP contribution >= 0.6 is 0 Å². The summed E-state index contributed by atoms with van der Waals surface area (Å²) in [4.78, 5) is 29.3. The number of ether oxygens (including phenoxy) is 4. The van der Waals surface area contributed by atoms with Crippen molar-refractivity contribution in [1.29, 1.82) is 0 Å². The van der Waals surface area contributed by atoms with Gasteiger partial charge in [-0.15, -0.1) is 0 Å². The Bertz CT molecular complexity index is 1680. The second kappa shape index (κ2) is 18.0. The first kappa shape index (κ1) is 42.7. The molecule has 0 saturated heterocycles. The van der Waals surface area contributed by atoms with Gasteiger partial charge in [-0.1, -0.05) is 100 Å². The highest BCUT2D eigenvalue weighted by molar-refractivity contribution is 6.04. The first-order chi connectivity index (χ1) is 26.1. The van der Waals surface area contributed by atoms with Crippen molar-refractivity contribution in [3.05, 3.63) is 119 Å². The van der Waals surface area contributed by atoms with E-state index in [0.29, 0.717) is 58.1 Å². The van der Waals surface area contributed by atoms with E-state index < -0.39 is 40.5 Å². The van der Waals surface area contributed by atoms with Gasteiger partial charge < -0.3 is 39.8 Å². The molecule has 0 saturated carbocycles. The fourth-order valence-corrected chi connectivity index (χ4v) is 7.27. The zero-order chi connectivity index (χ0) is 40.6. The number of rotatable bonds is 18. The topological polar surface area (TPSA) is 136 Å². The van der Waals surface area contributed by atoms with E-state index in [2.05, 4.69) is 10.6 Å². The molecule has 4 N–H and O–H groups in total. The van der Waals surface area contributed by atoms with Crippen molar-refractivity contribution < 1.29 is 38.7 Å².